The predicted molar refractivity (Wildman–Crippen MR) is 77.7 cm³/mol. The maximum absolute atomic E-state index is 12.0. The second kappa shape index (κ2) is 6.75. The summed E-state index contributed by atoms with van der Waals surface area (Å²) >= 11 is 0. The average molecular weight is 277 g/mol. The zero-order valence-corrected chi connectivity index (χ0v) is 12.3. The Balaban J connectivity index is 1.91. The van der Waals surface area contributed by atoms with Crippen LogP contribution in [0.3, 0.4) is 0 Å². The quantitative estimate of drug-likeness (QED) is 0.919. The number of hydrogen-bond acceptors (Lipinski definition) is 3. The molecule has 1 fully saturated rings. The fourth-order valence-electron chi connectivity index (χ4n) is 2.47. The summed E-state index contributed by atoms with van der Waals surface area (Å²) in [6, 6.07) is 5.55. The van der Waals surface area contributed by atoms with E-state index in [1.807, 2.05) is 30.0 Å². The third-order valence-electron chi connectivity index (χ3n) is 3.74. The number of likely N-dealkylation sites (tertiary alicyclic amines) is 1. The number of aliphatic hydroxyl groups is 1. The molecule has 1 amide bonds. The molecule has 1 atom stereocenters. The van der Waals surface area contributed by atoms with E-state index in [1.165, 1.54) is 6.42 Å². The summed E-state index contributed by atoms with van der Waals surface area (Å²) in [5.74, 6) is 0.767. The second-order valence-corrected chi connectivity index (χ2v) is 5.43. The van der Waals surface area contributed by atoms with E-state index in [4.69, 9.17) is 4.74 Å². The standard InChI is InChI=1S/C16H23NO3/c1-12-10-14(13(2)18)6-7-15(12)20-11-16(19)17-8-4-3-5-9-17/h6-7,10,13,18H,3-5,8-9,11H2,1-2H3/t13-/m1/s1. The molecule has 4 nitrogen and oxygen atoms in total. The zero-order valence-electron chi connectivity index (χ0n) is 12.3. The third kappa shape index (κ3) is 3.73. The van der Waals surface area contributed by atoms with Crippen LogP contribution in [0.5, 0.6) is 5.75 Å². The van der Waals surface area contributed by atoms with Crippen LogP contribution >= 0.6 is 0 Å². The van der Waals surface area contributed by atoms with Gasteiger partial charge >= 0.3 is 0 Å². The maximum atomic E-state index is 12.0. The molecule has 0 saturated carbocycles. The van der Waals surface area contributed by atoms with Crippen molar-refractivity contribution in [2.24, 2.45) is 0 Å². The van der Waals surface area contributed by atoms with Crippen LogP contribution in [0, 0.1) is 6.92 Å². The first-order chi connectivity index (χ1) is 9.58. The van der Waals surface area contributed by atoms with Crippen molar-refractivity contribution in [3.63, 3.8) is 0 Å². The van der Waals surface area contributed by atoms with Gasteiger partial charge in [0.1, 0.15) is 5.75 Å². The van der Waals surface area contributed by atoms with Gasteiger partial charge in [-0.3, -0.25) is 4.79 Å². The van der Waals surface area contributed by atoms with E-state index in [2.05, 4.69) is 0 Å². The van der Waals surface area contributed by atoms with Gasteiger partial charge < -0.3 is 14.7 Å². The zero-order chi connectivity index (χ0) is 14.5. The molecular weight excluding hydrogens is 254 g/mol. The fourth-order valence-corrected chi connectivity index (χ4v) is 2.47. The van der Waals surface area contributed by atoms with E-state index in [-0.39, 0.29) is 12.5 Å². The van der Waals surface area contributed by atoms with E-state index in [9.17, 15) is 9.90 Å². The molecule has 110 valence electrons. The van der Waals surface area contributed by atoms with Crippen molar-refractivity contribution in [1.29, 1.82) is 0 Å². The van der Waals surface area contributed by atoms with Gasteiger partial charge in [-0.15, -0.1) is 0 Å². The highest BCUT2D eigenvalue weighted by Crippen LogP contribution is 2.22. The number of carbonyl (C=O) groups is 1. The van der Waals surface area contributed by atoms with Crippen molar-refractivity contribution in [1.82, 2.24) is 4.90 Å². The van der Waals surface area contributed by atoms with Crippen molar-refractivity contribution in [3.8, 4) is 5.75 Å². The number of piperidine rings is 1. The Kier molecular flexibility index (Phi) is 5.01. The first-order valence-electron chi connectivity index (χ1n) is 7.27. The number of aryl methyl sites for hydroxylation is 1. The van der Waals surface area contributed by atoms with Gasteiger partial charge in [0.2, 0.25) is 0 Å². The van der Waals surface area contributed by atoms with Crippen molar-refractivity contribution >= 4 is 5.91 Å². The van der Waals surface area contributed by atoms with Crippen molar-refractivity contribution in [2.45, 2.75) is 39.2 Å². The van der Waals surface area contributed by atoms with Crippen LogP contribution in [-0.2, 0) is 4.79 Å². The van der Waals surface area contributed by atoms with Gasteiger partial charge in [-0.25, -0.2) is 0 Å². The molecule has 0 aliphatic carbocycles. The number of benzene rings is 1. The molecule has 0 unspecified atom stereocenters. The summed E-state index contributed by atoms with van der Waals surface area (Å²) in [5, 5.41) is 9.53. The molecule has 0 spiro atoms. The van der Waals surface area contributed by atoms with Gasteiger partial charge in [0.05, 0.1) is 6.10 Å². The molecule has 2 rings (SSSR count). The van der Waals surface area contributed by atoms with Crippen LogP contribution in [-0.4, -0.2) is 35.6 Å². The number of ether oxygens (including phenoxy) is 1. The summed E-state index contributed by atoms with van der Waals surface area (Å²) in [5.41, 5.74) is 1.80. The second-order valence-electron chi connectivity index (χ2n) is 5.43. The minimum absolute atomic E-state index is 0.0590. The highest BCUT2D eigenvalue weighted by molar-refractivity contribution is 5.77. The number of carbonyl (C=O) groups excluding carboxylic acids is 1. The van der Waals surface area contributed by atoms with E-state index >= 15 is 0 Å². The predicted octanol–water partition coefficient (Wildman–Crippen LogP) is 2.44. The molecule has 1 aromatic carbocycles. The number of rotatable bonds is 4. The Morgan fingerprint density at radius 1 is 1.35 bits per heavy atom. The summed E-state index contributed by atoms with van der Waals surface area (Å²) < 4.78 is 5.61. The average Bonchev–Trinajstić information content (AvgIpc) is 2.46. The number of aliphatic hydroxyl groups excluding tert-OH is 1. The molecule has 0 aromatic heterocycles. The third-order valence-corrected chi connectivity index (χ3v) is 3.74. The largest absolute Gasteiger partial charge is 0.484 e. The molecule has 1 aliphatic heterocycles. The molecule has 4 heteroatoms. The van der Waals surface area contributed by atoms with Crippen LogP contribution in [0.25, 0.3) is 0 Å². The minimum atomic E-state index is -0.488. The minimum Gasteiger partial charge on any atom is -0.484 e. The molecule has 1 saturated heterocycles. The summed E-state index contributed by atoms with van der Waals surface area (Å²) in [4.78, 5) is 13.9. The maximum Gasteiger partial charge on any atom is 0.260 e. The van der Waals surface area contributed by atoms with Gasteiger partial charge in [0.25, 0.3) is 5.91 Å². The summed E-state index contributed by atoms with van der Waals surface area (Å²) in [6.45, 7) is 5.45. The van der Waals surface area contributed by atoms with Crippen LogP contribution in [0.2, 0.25) is 0 Å². The molecule has 0 bridgehead atoms. The Bertz CT molecular complexity index is 465. The fraction of sp³-hybridized carbons (Fsp3) is 0.562. The van der Waals surface area contributed by atoms with Crippen molar-refractivity contribution < 1.29 is 14.6 Å². The monoisotopic (exact) mass is 277 g/mol. The van der Waals surface area contributed by atoms with E-state index in [0.29, 0.717) is 5.75 Å². The van der Waals surface area contributed by atoms with Crippen molar-refractivity contribution in [3.05, 3.63) is 29.3 Å². The van der Waals surface area contributed by atoms with E-state index in [0.717, 1.165) is 37.1 Å². The highest BCUT2D eigenvalue weighted by atomic mass is 16.5. The lowest BCUT2D eigenvalue weighted by Gasteiger charge is -2.26. The first kappa shape index (κ1) is 14.9. The Morgan fingerprint density at radius 2 is 2.05 bits per heavy atom. The van der Waals surface area contributed by atoms with Crippen molar-refractivity contribution in [2.75, 3.05) is 19.7 Å². The lowest BCUT2D eigenvalue weighted by atomic mass is 10.1. The van der Waals surface area contributed by atoms with Gasteiger partial charge in [0, 0.05) is 13.1 Å². The Hall–Kier alpha value is -1.55. The van der Waals surface area contributed by atoms with Crippen LogP contribution in [0.1, 0.15) is 43.4 Å². The number of nitrogens with zero attached hydrogens (tertiary/aromatic N) is 1. The smallest absolute Gasteiger partial charge is 0.260 e. The lowest BCUT2D eigenvalue weighted by molar-refractivity contribution is -0.134. The van der Waals surface area contributed by atoms with Gasteiger partial charge in [-0.2, -0.15) is 0 Å². The molecule has 1 N–H and O–H groups in total. The van der Waals surface area contributed by atoms with Gasteiger partial charge in [-0.1, -0.05) is 6.07 Å². The van der Waals surface area contributed by atoms with E-state index < -0.39 is 6.10 Å². The Labute approximate surface area is 120 Å². The molecule has 1 aromatic rings. The molecule has 1 aliphatic rings. The topological polar surface area (TPSA) is 49.8 Å². The van der Waals surface area contributed by atoms with Crippen LogP contribution in [0.4, 0.5) is 0 Å². The highest BCUT2D eigenvalue weighted by Gasteiger charge is 2.17. The SMILES string of the molecule is Cc1cc([C@@H](C)O)ccc1OCC(=O)N1CCCCC1. The summed E-state index contributed by atoms with van der Waals surface area (Å²) in [7, 11) is 0. The summed E-state index contributed by atoms with van der Waals surface area (Å²) in [6.07, 6.45) is 2.91. The lowest BCUT2D eigenvalue weighted by Crippen LogP contribution is -2.38. The molecular formula is C16H23NO3. The molecule has 20 heavy (non-hydrogen) atoms. The van der Waals surface area contributed by atoms with Crippen LogP contribution in [0.15, 0.2) is 18.2 Å². The number of hydrogen-bond donors (Lipinski definition) is 1. The molecule has 1 heterocycles. The molecule has 0 radical (unpaired) electrons. The van der Waals surface area contributed by atoms with Crippen LogP contribution < -0.4 is 4.74 Å². The normalized spacial score (nSPS) is 16.9. The van der Waals surface area contributed by atoms with E-state index in [1.54, 1.807) is 6.92 Å². The number of amides is 1. The first-order valence-corrected chi connectivity index (χ1v) is 7.27. The Morgan fingerprint density at radius 3 is 2.65 bits per heavy atom. The van der Waals surface area contributed by atoms with Gasteiger partial charge in [0.15, 0.2) is 6.61 Å². The van der Waals surface area contributed by atoms with Gasteiger partial charge in [-0.05, 0) is 56.4 Å².